The van der Waals surface area contributed by atoms with E-state index in [2.05, 4.69) is 10.3 Å². The van der Waals surface area contributed by atoms with Gasteiger partial charge in [-0.05, 0) is 36.9 Å². The first-order valence-electron chi connectivity index (χ1n) is 9.63. The molecule has 2 unspecified atom stereocenters. The van der Waals surface area contributed by atoms with Gasteiger partial charge in [0.15, 0.2) is 10.9 Å². The number of Topliss-reactive ketones (excluding diaryl/α,β-unsaturated/α-hetero) is 1. The van der Waals surface area contributed by atoms with Crippen LogP contribution in [0.3, 0.4) is 0 Å². The lowest BCUT2D eigenvalue weighted by Crippen LogP contribution is -2.46. The molecule has 0 radical (unpaired) electrons. The molecule has 8 heteroatoms. The van der Waals surface area contributed by atoms with E-state index in [1.165, 1.54) is 29.6 Å². The van der Waals surface area contributed by atoms with E-state index in [-0.39, 0.29) is 23.6 Å². The fourth-order valence-corrected chi connectivity index (χ4v) is 5.29. The Balaban J connectivity index is 1.67. The molecule has 4 rings (SSSR count). The van der Waals surface area contributed by atoms with Crippen LogP contribution in [0.1, 0.15) is 46.7 Å². The maximum absolute atomic E-state index is 13.2. The Labute approximate surface area is 182 Å². The van der Waals surface area contributed by atoms with Crippen molar-refractivity contribution in [2.75, 3.05) is 10.2 Å². The highest BCUT2D eigenvalue weighted by atomic mass is 32.1. The van der Waals surface area contributed by atoms with Crippen molar-refractivity contribution in [3.63, 3.8) is 0 Å². The quantitative estimate of drug-likeness (QED) is 0.577. The van der Waals surface area contributed by atoms with E-state index in [4.69, 9.17) is 0 Å². The van der Waals surface area contributed by atoms with E-state index in [9.17, 15) is 14.4 Å². The van der Waals surface area contributed by atoms with Crippen molar-refractivity contribution < 1.29 is 14.4 Å². The predicted molar refractivity (Wildman–Crippen MR) is 119 cm³/mol. The number of nitrogens with one attached hydrogen (secondary N) is 1. The third kappa shape index (κ3) is 4.06. The molecular weight excluding hydrogens is 418 g/mol. The number of ketones is 1. The first-order valence-corrected chi connectivity index (χ1v) is 11.4. The molecule has 3 aromatic rings. The molecule has 6 nitrogen and oxygen atoms in total. The molecule has 1 aromatic carbocycles. The van der Waals surface area contributed by atoms with Crippen LogP contribution in [0, 0.1) is 12.8 Å². The van der Waals surface area contributed by atoms with Gasteiger partial charge < -0.3 is 10.2 Å². The van der Waals surface area contributed by atoms with Gasteiger partial charge in [0.05, 0.1) is 12.0 Å². The van der Waals surface area contributed by atoms with Crippen LogP contribution in [0.15, 0.2) is 47.2 Å². The molecule has 2 atom stereocenters. The summed E-state index contributed by atoms with van der Waals surface area (Å²) in [5.74, 6) is -0.749. The highest BCUT2D eigenvalue weighted by molar-refractivity contribution is 7.14. The minimum atomic E-state index is -0.424. The number of hydrogen-bond acceptors (Lipinski definition) is 6. The molecule has 0 saturated carbocycles. The third-order valence-corrected chi connectivity index (χ3v) is 6.88. The fraction of sp³-hybridized carbons (Fsp3) is 0.273. The highest BCUT2D eigenvalue weighted by Gasteiger charge is 2.42. The average molecular weight is 440 g/mol. The Hall–Kier alpha value is -2.84. The van der Waals surface area contributed by atoms with Gasteiger partial charge in [-0.3, -0.25) is 14.4 Å². The van der Waals surface area contributed by atoms with E-state index in [0.29, 0.717) is 23.7 Å². The number of nitrogens with zero attached hydrogens (tertiary/aromatic N) is 2. The van der Waals surface area contributed by atoms with Gasteiger partial charge >= 0.3 is 0 Å². The van der Waals surface area contributed by atoms with Crippen molar-refractivity contribution in [2.45, 2.75) is 32.7 Å². The summed E-state index contributed by atoms with van der Waals surface area (Å²) in [5, 5.41) is 6.85. The number of carbonyl (C=O) groups is 3. The summed E-state index contributed by atoms with van der Waals surface area (Å²) in [6.07, 6.45) is 0.755. The van der Waals surface area contributed by atoms with Gasteiger partial charge in [0.2, 0.25) is 11.8 Å². The maximum atomic E-state index is 13.2. The minimum Gasteiger partial charge on any atom is -0.303 e. The third-order valence-electron chi connectivity index (χ3n) is 5.18. The zero-order chi connectivity index (χ0) is 21.3. The second kappa shape index (κ2) is 8.49. The molecular formula is C22H21N3O3S2. The largest absolute Gasteiger partial charge is 0.303 e. The summed E-state index contributed by atoms with van der Waals surface area (Å²) in [4.78, 5) is 44.6. The van der Waals surface area contributed by atoms with Crippen LogP contribution < -0.4 is 10.2 Å². The van der Waals surface area contributed by atoms with Gasteiger partial charge in [-0.2, -0.15) is 0 Å². The number of anilines is 2. The number of piperidine rings is 1. The lowest BCUT2D eigenvalue weighted by atomic mass is 9.86. The molecule has 154 valence electrons. The number of thiazole rings is 1. The van der Waals surface area contributed by atoms with Gasteiger partial charge in [0.25, 0.3) is 0 Å². The zero-order valence-corrected chi connectivity index (χ0v) is 18.3. The topological polar surface area (TPSA) is 79.4 Å². The predicted octanol–water partition coefficient (Wildman–Crippen LogP) is 4.84. The Morgan fingerprint density at radius 3 is 2.57 bits per heavy atom. The van der Waals surface area contributed by atoms with E-state index in [0.717, 1.165) is 16.1 Å². The standard InChI is InChI=1S/C22H21N3O3S2/c1-13-5-7-15(8-6-13)25-19(27)10-9-16(20(25)18-4-3-11-29-18)21(28)24-22-23-17(12-30-22)14(2)26/h3-8,11-12,16,20H,9-10H2,1-2H3,(H,23,24,28). The summed E-state index contributed by atoms with van der Waals surface area (Å²) in [7, 11) is 0. The molecule has 30 heavy (non-hydrogen) atoms. The number of amides is 2. The Kier molecular flexibility index (Phi) is 5.78. The maximum Gasteiger partial charge on any atom is 0.231 e. The van der Waals surface area contributed by atoms with Crippen molar-refractivity contribution in [1.29, 1.82) is 0 Å². The number of aryl methyl sites for hydroxylation is 1. The molecule has 0 spiro atoms. The van der Waals surface area contributed by atoms with E-state index in [1.54, 1.807) is 10.3 Å². The Morgan fingerprint density at radius 2 is 1.93 bits per heavy atom. The molecule has 2 amide bonds. The van der Waals surface area contributed by atoms with Crippen molar-refractivity contribution in [1.82, 2.24) is 4.98 Å². The summed E-state index contributed by atoms with van der Waals surface area (Å²) in [6, 6.07) is 11.3. The highest BCUT2D eigenvalue weighted by Crippen LogP contribution is 2.42. The van der Waals surface area contributed by atoms with Crippen LogP contribution in [0.2, 0.25) is 0 Å². The number of aromatic nitrogens is 1. The number of carbonyl (C=O) groups excluding carboxylic acids is 3. The smallest absolute Gasteiger partial charge is 0.231 e. The number of thiophene rings is 1. The molecule has 1 aliphatic heterocycles. The summed E-state index contributed by atoms with van der Waals surface area (Å²) < 4.78 is 0. The molecule has 1 N–H and O–H groups in total. The van der Waals surface area contributed by atoms with Gasteiger partial charge in [-0.15, -0.1) is 22.7 Å². The average Bonchev–Trinajstić information content (AvgIpc) is 3.40. The monoisotopic (exact) mass is 439 g/mol. The van der Waals surface area contributed by atoms with Crippen LogP contribution in [-0.4, -0.2) is 22.6 Å². The van der Waals surface area contributed by atoms with Gasteiger partial charge in [0.1, 0.15) is 5.69 Å². The SMILES string of the molecule is CC(=O)c1csc(NC(=O)C2CCC(=O)N(c3ccc(C)cc3)C2c2cccs2)n1. The zero-order valence-electron chi connectivity index (χ0n) is 16.6. The molecule has 2 aromatic heterocycles. The lowest BCUT2D eigenvalue weighted by molar-refractivity contribution is -0.125. The lowest BCUT2D eigenvalue weighted by Gasteiger charge is -2.40. The van der Waals surface area contributed by atoms with Crippen molar-refractivity contribution in [3.05, 3.63) is 63.3 Å². The molecule has 1 saturated heterocycles. The van der Waals surface area contributed by atoms with Gasteiger partial charge in [0, 0.05) is 29.3 Å². The van der Waals surface area contributed by atoms with Crippen molar-refractivity contribution >= 4 is 51.1 Å². The van der Waals surface area contributed by atoms with E-state index in [1.807, 2.05) is 48.7 Å². The van der Waals surface area contributed by atoms with Crippen LogP contribution >= 0.6 is 22.7 Å². The second-order valence-corrected chi connectivity index (χ2v) is 9.13. The first kappa shape index (κ1) is 20.4. The van der Waals surface area contributed by atoms with Gasteiger partial charge in [-0.1, -0.05) is 23.8 Å². The molecule has 3 heterocycles. The molecule has 1 aliphatic rings. The van der Waals surface area contributed by atoms with E-state index >= 15 is 0 Å². The summed E-state index contributed by atoms with van der Waals surface area (Å²) in [5.41, 5.74) is 2.23. The number of rotatable bonds is 5. The second-order valence-electron chi connectivity index (χ2n) is 7.29. The number of benzene rings is 1. The number of hydrogen-bond donors (Lipinski definition) is 1. The molecule has 0 aliphatic carbocycles. The van der Waals surface area contributed by atoms with Gasteiger partial charge in [-0.25, -0.2) is 4.98 Å². The van der Waals surface area contributed by atoms with Crippen LogP contribution in [0.25, 0.3) is 0 Å². The van der Waals surface area contributed by atoms with Crippen molar-refractivity contribution in [2.24, 2.45) is 5.92 Å². The minimum absolute atomic E-state index is 0.00872. The fourth-order valence-electron chi connectivity index (χ4n) is 3.65. The summed E-state index contributed by atoms with van der Waals surface area (Å²) >= 11 is 2.76. The summed E-state index contributed by atoms with van der Waals surface area (Å²) in [6.45, 7) is 3.44. The van der Waals surface area contributed by atoms with Crippen LogP contribution in [0.5, 0.6) is 0 Å². The van der Waals surface area contributed by atoms with Crippen LogP contribution in [-0.2, 0) is 9.59 Å². The van der Waals surface area contributed by atoms with Crippen molar-refractivity contribution in [3.8, 4) is 0 Å². The van der Waals surface area contributed by atoms with Crippen LogP contribution in [0.4, 0.5) is 10.8 Å². The Bertz CT molecular complexity index is 1070. The first-order chi connectivity index (χ1) is 14.4. The van der Waals surface area contributed by atoms with E-state index < -0.39 is 5.92 Å². The molecule has 0 bridgehead atoms. The molecule has 1 fully saturated rings. The Morgan fingerprint density at radius 1 is 1.17 bits per heavy atom. The normalized spacial score (nSPS) is 19.0.